The van der Waals surface area contributed by atoms with E-state index in [0.717, 1.165) is 36.9 Å². The Bertz CT molecular complexity index is 1080. The number of benzene rings is 2. The van der Waals surface area contributed by atoms with E-state index in [-0.39, 0.29) is 17.4 Å². The normalized spacial score (nSPS) is 14.4. The van der Waals surface area contributed by atoms with Gasteiger partial charge in [0.25, 0.3) is 0 Å². The largest absolute Gasteiger partial charge is 0.478 e. The Hall–Kier alpha value is -3.48. The quantitative estimate of drug-likeness (QED) is 0.560. The summed E-state index contributed by atoms with van der Waals surface area (Å²) in [6.07, 6.45) is 6.75. The van der Waals surface area contributed by atoms with E-state index in [2.05, 4.69) is 20.6 Å². The van der Waals surface area contributed by atoms with Gasteiger partial charge in [0.2, 0.25) is 5.91 Å². The van der Waals surface area contributed by atoms with Gasteiger partial charge in [-0.3, -0.25) is 4.79 Å². The molecule has 1 saturated carbocycles. The number of rotatable bonds is 6. The Balaban J connectivity index is 1.47. The molecule has 2 aromatic carbocycles. The fourth-order valence-corrected chi connectivity index (χ4v) is 3.95. The molecule has 1 aliphatic carbocycles. The van der Waals surface area contributed by atoms with E-state index in [4.69, 9.17) is 0 Å². The first-order valence-corrected chi connectivity index (χ1v) is 10.2. The molecule has 1 aromatic heterocycles. The molecule has 1 heterocycles. The molecule has 0 saturated heterocycles. The van der Waals surface area contributed by atoms with Crippen molar-refractivity contribution < 1.29 is 14.7 Å². The summed E-state index contributed by atoms with van der Waals surface area (Å²) in [6, 6.07) is 12.7. The number of amides is 1. The van der Waals surface area contributed by atoms with Crippen LogP contribution in [-0.2, 0) is 11.3 Å². The summed E-state index contributed by atoms with van der Waals surface area (Å²) in [6.45, 7) is 0.483. The van der Waals surface area contributed by atoms with Crippen LogP contribution in [-0.4, -0.2) is 27.0 Å². The zero-order valence-electron chi connectivity index (χ0n) is 16.6. The first-order valence-electron chi connectivity index (χ1n) is 10.2. The molecule has 0 unspecified atom stereocenters. The number of para-hydroxylation sites is 1. The number of aromatic nitrogens is 2. The summed E-state index contributed by atoms with van der Waals surface area (Å²) in [4.78, 5) is 32.3. The number of carbonyl (C=O) groups is 2. The van der Waals surface area contributed by atoms with Crippen LogP contribution in [0.2, 0.25) is 0 Å². The number of anilines is 2. The first kappa shape index (κ1) is 19.8. The minimum atomic E-state index is -1.02. The second-order valence-corrected chi connectivity index (χ2v) is 7.61. The Morgan fingerprint density at radius 2 is 1.83 bits per heavy atom. The van der Waals surface area contributed by atoms with E-state index in [1.54, 1.807) is 12.1 Å². The molecule has 1 amide bonds. The predicted molar refractivity (Wildman–Crippen MR) is 115 cm³/mol. The van der Waals surface area contributed by atoms with E-state index in [9.17, 15) is 14.7 Å². The summed E-state index contributed by atoms with van der Waals surface area (Å²) in [5.41, 5.74) is 2.31. The highest BCUT2D eigenvalue weighted by molar-refractivity contribution is 6.04. The van der Waals surface area contributed by atoms with Gasteiger partial charge in [0.15, 0.2) is 0 Å². The Kier molecular flexibility index (Phi) is 5.88. The molecule has 7 heteroatoms. The van der Waals surface area contributed by atoms with Gasteiger partial charge in [-0.25, -0.2) is 14.8 Å². The number of carboxylic acids is 1. The van der Waals surface area contributed by atoms with Crippen molar-refractivity contribution in [1.29, 1.82) is 0 Å². The van der Waals surface area contributed by atoms with Crippen molar-refractivity contribution in [1.82, 2.24) is 9.97 Å². The van der Waals surface area contributed by atoms with E-state index in [1.807, 2.05) is 24.3 Å². The molecule has 0 radical (unpaired) electrons. The lowest BCUT2D eigenvalue weighted by Crippen LogP contribution is -2.24. The number of aromatic carboxylic acids is 1. The SMILES string of the molecule is O=C(O)c1cccc2c(NCc3cccc(NC(=O)C4CCCCC4)c3)ncnc12. The Morgan fingerprint density at radius 3 is 2.63 bits per heavy atom. The van der Waals surface area contributed by atoms with Gasteiger partial charge in [-0.05, 0) is 42.7 Å². The molecule has 30 heavy (non-hydrogen) atoms. The van der Waals surface area contributed by atoms with Crippen LogP contribution in [0.3, 0.4) is 0 Å². The third-order valence-corrected chi connectivity index (χ3v) is 5.53. The topological polar surface area (TPSA) is 104 Å². The van der Waals surface area contributed by atoms with Crippen molar-refractivity contribution in [2.45, 2.75) is 38.6 Å². The van der Waals surface area contributed by atoms with Crippen LogP contribution < -0.4 is 10.6 Å². The highest BCUT2D eigenvalue weighted by Crippen LogP contribution is 2.26. The van der Waals surface area contributed by atoms with Crippen molar-refractivity contribution in [2.75, 3.05) is 10.6 Å². The van der Waals surface area contributed by atoms with Crippen molar-refractivity contribution >= 4 is 34.3 Å². The highest BCUT2D eigenvalue weighted by Gasteiger charge is 2.21. The maximum atomic E-state index is 12.5. The third-order valence-electron chi connectivity index (χ3n) is 5.53. The van der Waals surface area contributed by atoms with Gasteiger partial charge in [-0.15, -0.1) is 0 Å². The molecular weight excluding hydrogens is 380 g/mol. The lowest BCUT2D eigenvalue weighted by Gasteiger charge is -2.21. The fourth-order valence-electron chi connectivity index (χ4n) is 3.95. The zero-order valence-corrected chi connectivity index (χ0v) is 16.6. The molecule has 154 valence electrons. The monoisotopic (exact) mass is 404 g/mol. The lowest BCUT2D eigenvalue weighted by atomic mass is 9.88. The van der Waals surface area contributed by atoms with Crippen LogP contribution in [0.25, 0.3) is 10.9 Å². The summed E-state index contributed by atoms with van der Waals surface area (Å²) < 4.78 is 0. The predicted octanol–water partition coefficient (Wildman–Crippen LogP) is 4.46. The van der Waals surface area contributed by atoms with E-state index in [0.29, 0.717) is 23.3 Å². The van der Waals surface area contributed by atoms with Crippen LogP contribution in [0.5, 0.6) is 0 Å². The summed E-state index contributed by atoms with van der Waals surface area (Å²) >= 11 is 0. The van der Waals surface area contributed by atoms with Crippen LogP contribution >= 0.6 is 0 Å². The molecule has 3 aromatic rings. The molecule has 0 bridgehead atoms. The zero-order chi connectivity index (χ0) is 20.9. The molecule has 3 N–H and O–H groups in total. The second-order valence-electron chi connectivity index (χ2n) is 7.61. The second kappa shape index (κ2) is 8.90. The molecule has 1 fully saturated rings. The third kappa shape index (κ3) is 4.40. The standard InChI is InChI=1S/C23H24N4O3/c28-22(16-7-2-1-3-8-16)27-17-9-4-6-15(12-17)13-24-21-18-10-5-11-19(23(29)30)20(18)25-14-26-21/h4-6,9-12,14,16H,1-3,7-8,13H2,(H,27,28)(H,29,30)(H,24,25,26). The molecular formula is C23H24N4O3. The van der Waals surface area contributed by atoms with Gasteiger partial charge < -0.3 is 15.7 Å². The van der Waals surface area contributed by atoms with Gasteiger partial charge in [0, 0.05) is 23.5 Å². The minimum Gasteiger partial charge on any atom is -0.478 e. The van der Waals surface area contributed by atoms with Crippen molar-refractivity contribution in [3.8, 4) is 0 Å². The number of carbonyl (C=O) groups excluding carboxylic acids is 1. The number of hydrogen-bond donors (Lipinski definition) is 3. The van der Waals surface area contributed by atoms with E-state index >= 15 is 0 Å². The van der Waals surface area contributed by atoms with Crippen molar-refractivity contribution in [3.63, 3.8) is 0 Å². The minimum absolute atomic E-state index is 0.0998. The molecule has 0 spiro atoms. The summed E-state index contributed by atoms with van der Waals surface area (Å²) in [5, 5.41) is 16.3. The summed E-state index contributed by atoms with van der Waals surface area (Å²) in [5.74, 6) is -0.245. The van der Waals surface area contributed by atoms with Crippen LogP contribution in [0.15, 0.2) is 48.8 Å². The van der Waals surface area contributed by atoms with Gasteiger partial charge in [-0.2, -0.15) is 0 Å². The van der Waals surface area contributed by atoms with Gasteiger partial charge in [0.1, 0.15) is 12.1 Å². The van der Waals surface area contributed by atoms with Gasteiger partial charge in [0.05, 0.1) is 11.1 Å². The number of fused-ring (bicyclic) bond motifs is 1. The summed E-state index contributed by atoms with van der Waals surface area (Å²) in [7, 11) is 0. The molecule has 0 aliphatic heterocycles. The Labute approximate surface area is 174 Å². The van der Waals surface area contributed by atoms with Gasteiger partial charge >= 0.3 is 5.97 Å². The molecule has 4 rings (SSSR count). The maximum absolute atomic E-state index is 12.5. The fraction of sp³-hybridized carbons (Fsp3) is 0.304. The smallest absolute Gasteiger partial charge is 0.337 e. The van der Waals surface area contributed by atoms with E-state index < -0.39 is 5.97 Å². The van der Waals surface area contributed by atoms with Crippen LogP contribution in [0.4, 0.5) is 11.5 Å². The average Bonchev–Trinajstić information content (AvgIpc) is 2.78. The number of hydrogen-bond acceptors (Lipinski definition) is 5. The number of carboxylic acid groups (broad SMARTS) is 1. The Morgan fingerprint density at radius 1 is 1.03 bits per heavy atom. The average molecular weight is 404 g/mol. The number of nitrogens with one attached hydrogen (secondary N) is 2. The molecule has 1 aliphatic rings. The first-order chi connectivity index (χ1) is 14.6. The van der Waals surface area contributed by atoms with Crippen molar-refractivity contribution in [3.05, 3.63) is 59.9 Å². The number of nitrogens with zero attached hydrogens (tertiary/aromatic N) is 2. The maximum Gasteiger partial charge on any atom is 0.337 e. The molecule has 7 nitrogen and oxygen atoms in total. The van der Waals surface area contributed by atoms with Gasteiger partial charge in [-0.1, -0.05) is 37.5 Å². The van der Waals surface area contributed by atoms with Crippen LogP contribution in [0, 0.1) is 5.92 Å². The highest BCUT2D eigenvalue weighted by atomic mass is 16.4. The van der Waals surface area contributed by atoms with Crippen molar-refractivity contribution in [2.24, 2.45) is 5.92 Å². The lowest BCUT2D eigenvalue weighted by molar-refractivity contribution is -0.120. The van der Waals surface area contributed by atoms with Crippen LogP contribution in [0.1, 0.15) is 48.0 Å². The van der Waals surface area contributed by atoms with E-state index in [1.165, 1.54) is 18.8 Å². The molecule has 0 atom stereocenters.